The number of nitrogens with zero attached hydrogens (tertiary/aromatic N) is 2. The second kappa shape index (κ2) is 6.35. The maximum Gasteiger partial charge on any atom is 0.131 e. The van der Waals surface area contributed by atoms with Gasteiger partial charge in [-0.05, 0) is 30.5 Å². The van der Waals surface area contributed by atoms with Crippen molar-refractivity contribution in [1.82, 2.24) is 10.3 Å². The molecule has 1 atom stereocenters. The van der Waals surface area contributed by atoms with Crippen molar-refractivity contribution in [1.29, 1.82) is 0 Å². The van der Waals surface area contributed by atoms with E-state index in [9.17, 15) is 0 Å². The average molecular weight is 263 g/mol. The first-order valence-electron chi connectivity index (χ1n) is 7.06. The maximum absolute atomic E-state index is 5.41. The number of rotatable bonds is 5. The van der Waals surface area contributed by atoms with Crippen LogP contribution in [-0.4, -0.2) is 37.3 Å². The summed E-state index contributed by atoms with van der Waals surface area (Å²) in [5, 5.41) is 3.42. The summed E-state index contributed by atoms with van der Waals surface area (Å²) in [6.45, 7) is 9.32. The van der Waals surface area contributed by atoms with Crippen molar-refractivity contribution in [3.8, 4) is 0 Å². The molecular formula is C15H25N3O. The molecule has 0 spiro atoms. The Balaban J connectivity index is 2.03. The summed E-state index contributed by atoms with van der Waals surface area (Å²) in [6.07, 6.45) is 3.43. The van der Waals surface area contributed by atoms with Gasteiger partial charge in [-0.2, -0.15) is 0 Å². The Labute approximate surface area is 116 Å². The van der Waals surface area contributed by atoms with Crippen molar-refractivity contribution in [2.75, 3.05) is 25.1 Å². The zero-order chi connectivity index (χ0) is 13.8. The lowest BCUT2D eigenvalue weighted by Gasteiger charge is -2.20. The van der Waals surface area contributed by atoms with Gasteiger partial charge >= 0.3 is 0 Å². The highest BCUT2D eigenvalue weighted by atomic mass is 16.5. The highest BCUT2D eigenvalue weighted by molar-refractivity contribution is 5.48. The third kappa shape index (κ3) is 3.67. The predicted octanol–water partition coefficient (Wildman–Crippen LogP) is 2.11. The summed E-state index contributed by atoms with van der Waals surface area (Å²) in [4.78, 5) is 6.96. The lowest BCUT2D eigenvalue weighted by molar-refractivity contribution is 0.121. The largest absolute Gasteiger partial charge is 0.380 e. The van der Waals surface area contributed by atoms with E-state index in [4.69, 9.17) is 4.74 Å². The quantitative estimate of drug-likeness (QED) is 0.883. The minimum absolute atomic E-state index is 0.350. The minimum Gasteiger partial charge on any atom is -0.380 e. The highest BCUT2D eigenvalue weighted by Gasteiger charge is 2.24. The van der Waals surface area contributed by atoms with E-state index < -0.39 is 0 Å². The minimum atomic E-state index is 0.350. The zero-order valence-corrected chi connectivity index (χ0v) is 12.4. The number of aryl methyl sites for hydroxylation is 1. The molecule has 1 unspecified atom stereocenters. The second-order valence-corrected chi connectivity index (χ2v) is 5.61. The van der Waals surface area contributed by atoms with Gasteiger partial charge < -0.3 is 15.0 Å². The van der Waals surface area contributed by atoms with E-state index in [0.29, 0.717) is 12.1 Å². The van der Waals surface area contributed by atoms with Gasteiger partial charge in [-0.25, -0.2) is 4.98 Å². The normalized spacial score (nSPS) is 19.4. The van der Waals surface area contributed by atoms with E-state index in [1.807, 2.05) is 6.20 Å². The summed E-state index contributed by atoms with van der Waals surface area (Å²) in [7, 11) is 1.79. The number of ether oxygens (including phenoxy) is 1. The van der Waals surface area contributed by atoms with E-state index in [0.717, 1.165) is 31.9 Å². The Morgan fingerprint density at radius 3 is 2.89 bits per heavy atom. The van der Waals surface area contributed by atoms with E-state index in [1.54, 1.807) is 7.11 Å². The van der Waals surface area contributed by atoms with Crippen LogP contribution in [0.4, 0.5) is 5.82 Å². The fraction of sp³-hybridized carbons (Fsp3) is 0.667. The number of hydrogen-bond acceptors (Lipinski definition) is 4. The molecule has 0 aromatic carbocycles. The smallest absolute Gasteiger partial charge is 0.131 e. The first-order valence-corrected chi connectivity index (χ1v) is 7.06. The Morgan fingerprint density at radius 1 is 1.53 bits per heavy atom. The van der Waals surface area contributed by atoms with Crippen molar-refractivity contribution >= 4 is 5.82 Å². The maximum atomic E-state index is 5.41. The Morgan fingerprint density at radius 2 is 2.32 bits per heavy atom. The molecular weight excluding hydrogens is 238 g/mol. The topological polar surface area (TPSA) is 37.4 Å². The van der Waals surface area contributed by atoms with Gasteiger partial charge in [-0.1, -0.05) is 13.8 Å². The molecule has 0 radical (unpaired) electrons. The molecule has 106 valence electrons. The van der Waals surface area contributed by atoms with E-state index in [-0.39, 0.29) is 0 Å². The SMILES string of the molecule is COC1CCN(c2ncc(CNC(C)C)cc2C)C1. The van der Waals surface area contributed by atoms with Gasteiger partial charge in [-0.15, -0.1) is 0 Å². The third-order valence-electron chi connectivity index (χ3n) is 3.60. The molecule has 4 nitrogen and oxygen atoms in total. The van der Waals surface area contributed by atoms with Gasteiger partial charge in [0.15, 0.2) is 0 Å². The van der Waals surface area contributed by atoms with Gasteiger partial charge in [0.25, 0.3) is 0 Å². The first kappa shape index (κ1) is 14.3. The number of aromatic nitrogens is 1. The molecule has 2 heterocycles. The molecule has 1 aliphatic rings. The van der Waals surface area contributed by atoms with Crippen molar-refractivity contribution < 1.29 is 4.74 Å². The van der Waals surface area contributed by atoms with Gasteiger partial charge in [0.05, 0.1) is 6.10 Å². The Hall–Kier alpha value is -1.13. The van der Waals surface area contributed by atoms with Crippen LogP contribution in [-0.2, 0) is 11.3 Å². The molecule has 1 N–H and O–H groups in total. The number of anilines is 1. The molecule has 0 saturated carbocycles. The molecule has 0 bridgehead atoms. The van der Waals surface area contributed by atoms with Crippen LogP contribution in [0.15, 0.2) is 12.3 Å². The van der Waals surface area contributed by atoms with Crippen LogP contribution in [0.1, 0.15) is 31.4 Å². The van der Waals surface area contributed by atoms with Crippen LogP contribution < -0.4 is 10.2 Å². The van der Waals surface area contributed by atoms with E-state index >= 15 is 0 Å². The molecule has 0 amide bonds. The number of methoxy groups -OCH3 is 1. The molecule has 2 rings (SSSR count). The van der Waals surface area contributed by atoms with Crippen LogP contribution in [0.5, 0.6) is 0 Å². The lowest BCUT2D eigenvalue weighted by Crippen LogP contribution is -2.25. The van der Waals surface area contributed by atoms with Crippen molar-refractivity contribution in [2.24, 2.45) is 0 Å². The fourth-order valence-corrected chi connectivity index (χ4v) is 2.49. The summed E-state index contributed by atoms with van der Waals surface area (Å²) in [6, 6.07) is 2.73. The summed E-state index contributed by atoms with van der Waals surface area (Å²) in [5.74, 6) is 1.10. The van der Waals surface area contributed by atoms with Crippen molar-refractivity contribution in [3.05, 3.63) is 23.4 Å². The molecule has 1 fully saturated rings. The number of hydrogen-bond donors (Lipinski definition) is 1. The van der Waals surface area contributed by atoms with Crippen LogP contribution in [0, 0.1) is 6.92 Å². The van der Waals surface area contributed by atoms with E-state index in [1.165, 1.54) is 11.1 Å². The third-order valence-corrected chi connectivity index (χ3v) is 3.60. The predicted molar refractivity (Wildman–Crippen MR) is 78.6 cm³/mol. The van der Waals surface area contributed by atoms with Gasteiger partial charge in [0.2, 0.25) is 0 Å². The average Bonchev–Trinajstić information content (AvgIpc) is 2.85. The molecule has 1 aromatic heterocycles. The Bertz CT molecular complexity index is 420. The summed E-state index contributed by atoms with van der Waals surface area (Å²) in [5.41, 5.74) is 2.50. The number of nitrogens with one attached hydrogen (secondary N) is 1. The standard InChI is InChI=1S/C15H25N3O/c1-11(2)16-8-13-7-12(3)15(17-9-13)18-6-5-14(10-18)19-4/h7,9,11,14,16H,5-6,8,10H2,1-4H3. The van der Waals surface area contributed by atoms with Gasteiger partial charge in [0, 0.05) is 39.0 Å². The van der Waals surface area contributed by atoms with Crippen molar-refractivity contribution in [3.63, 3.8) is 0 Å². The van der Waals surface area contributed by atoms with E-state index in [2.05, 4.69) is 42.0 Å². The fourth-order valence-electron chi connectivity index (χ4n) is 2.49. The van der Waals surface area contributed by atoms with Crippen molar-refractivity contribution in [2.45, 2.75) is 45.9 Å². The number of pyridine rings is 1. The van der Waals surface area contributed by atoms with Gasteiger partial charge in [-0.3, -0.25) is 0 Å². The van der Waals surface area contributed by atoms with Crippen LogP contribution >= 0.6 is 0 Å². The molecule has 1 aromatic rings. The zero-order valence-electron chi connectivity index (χ0n) is 12.4. The first-order chi connectivity index (χ1) is 9.10. The molecule has 0 aliphatic carbocycles. The van der Waals surface area contributed by atoms with Crippen LogP contribution in [0.25, 0.3) is 0 Å². The lowest BCUT2D eigenvalue weighted by atomic mass is 10.2. The monoisotopic (exact) mass is 263 g/mol. The summed E-state index contributed by atoms with van der Waals surface area (Å²) >= 11 is 0. The Kier molecular flexibility index (Phi) is 4.77. The van der Waals surface area contributed by atoms with Gasteiger partial charge in [0.1, 0.15) is 5.82 Å². The van der Waals surface area contributed by atoms with Crippen LogP contribution in [0.3, 0.4) is 0 Å². The molecule has 4 heteroatoms. The van der Waals surface area contributed by atoms with Crippen LogP contribution in [0.2, 0.25) is 0 Å². The molecule has 1 saturated heterocycles. The molecule has 1 aliphatic heterocycles. The highest BCUT2D eigenvalue weighted by Crippen LogP contribution is 2.23. The summed E-state index contributed by atoms with van der Waals surface area (Å²) < 4.78 is 5.41. The molecule has 19 heavy (non-hydrogen) atoms. The second-order valence-electron chi connectivity index (χ2n) is 5.61.